The van der Waals surface area contributed by atoms with Crippen molar-refractivity contribution in [3.8, 4) is 5.75 Å². The summed E-state index contributed by atoms with van der Waals surface area (Å²) in [5.41, 5.74) is 1.47. The van der Waals surface area contributed by atoms with Crippen LogP contribution in [0.4, 0.5) is 0 Å². The molecule has 3 atom stereocenters. The summed E-state index contributed by atoms with van der Waals surface area (Å²) in [5.74, 6) is 0.946. The lowest BCUT2D eigenvalue weighted by Crippen LogP contribution is -2.45. The van der Waals surface area contributed by atoms with Gasteiger partial charge in [0.1, 0.15) is 12.4 Å². The SMILES string of the molecule is C[C@@H]1[C@H](C)CCC[C@H]1NC(=O)COC(=O)c1ccc(OCc2ccccc2)cc1. The van der Waals surface area contributed by atoms with Crippen molar-refractivity contribution < 1.29 is 19.1 Å². The smallest absolute Gasteiger partial charge is 0.338 e. The van der Waals surface area contributed by atoms with E-state index in [9.17, 15) is 9.59 Å². The van der Waals surface area contributed by atoms with Crippen LogP contribution in [0.3, 0.4) is 0 Å². The minimum absolute atomic E-state index is 0.158. The van der Waals surface area contributed by atoms with Gasteiger partial charge in [-0.3, -0.25) is 4.79 Å². The van der Waals surface area contributed by atoms with Crippen LogP contribution in [0.15, 0.2) is 54.6 Å². The number of hydrogen-bond acceptors (Lipinski definition) is 4. The first-order valence-electron chi connectivity index (χ1n) is 10.3. The van der Waals surface area contributed by atoms with Crippen molar-refractivity contribution in [3.05, 3.63) is 65.7 Å². The van der Waals surface area contributed by atoms with Gasteiger partial charge in [-0.2, -0.15) is 0 Å². The lowest BCUT2D eigenvalue weighted by Gasteiger charge is -2.34. The summed E-state index contributed by atoms with van der Waals surface area (Å²) in [6.45, 7) is 4.59. The Hall–Kier alpha value is -2.82. The largest absolute Gasteiger partial charge is 0.489 e. The van der Waals surface area contributed by atoms with Gasteiger partial charge in [0.2, 0.25) is 0 Å². The second-order valence-corrected chi connectivity index (χ2v) is 7.82. The van der Waals surface area contributed by atoms with Crippen molar-refractivity contribution >= 4 is 11.9 Å². The van der Waals surface area contributed by atoms with Crippen LogP contribution in [-0.2, 0) is 16.1 Å². The van der Waals surface area contributed by atoms with Gasteiger partial charge in [-0.1, -0.05) is 57.0 Å². The lowest BCUT2D eigenvalue weighted by atomic mass is 9.78. The zero-order chi connectivity index (χ0) is 20.6. The van der Waals surface area contributed by atoms with E-state index in [4.69, 9.17) is 9.47 Å². The number of esters is 1. The molecule has 1 fully saturated rings. The highest BCUT2D eigenvalue weighted by Gasteiger charge is 2.28. The van der Waals surface area contributed by atoms with Gasteiger partial charge in [-0.05, 0) is 48.1 Å². The third-order valence-corrected chi connectivity index (χ3v) is 5.73. The lowest BCUT2D eigenvalue weighted by molar-refractivity contribution is -0.125. The van der Waals surface area contributed by atoms with Crippen molar-refractivity contribution in [2.45, 2.75) is 45.8 Å². The average Bonchev–Trinajstić information content (AvgIpc) is 2.75. The minimum atomic E-state index is -0.514. The summed E-state index contributed by atoms with van der Waals surface area (Å²) in [5, 5.41) is 3.01. The molecule has 5 heteroatoms. The molecule has 0 aromatic heterocycles. The first-order chi connectivity index (χ1) is 14.0. The van der Waals surface area contributed by atoms with E-state index in [0.717, 1.165) is 18.4 Å². The van der Waals surface area contributed by atoms with E-state index in [1.165, 1.54) is 6.42 Å². The fraction of sp³-hybridized carbons (Fsp3) is 0.417. The van der Waals surface area contributed by atoms with Gasteiger partial charge in [0.15, 0.2) is 6.61 Å². The number of rotatable bonds is 7. The molecule has 0 saturated heterocycles. The summed E-state index contributed by atoms with van der Waals surface area (Å²) >= 11 is 0. The molecule has 0 spiro atoms. The quantitative estimate of drug-likeness (QED) is 0.708. The Bertz CT molecular complexity index is 803. The number of carbonyl (C=O) groups excluding carboxylic acids is 2. The Kier molecular flexibility index (Phi) is 7.28. The number of hydrogen-bond donors (Lipinski definition) is 1. The topological polar surface area (TPSA) is 64.6 Å². The minimum Gasteiger partial charge on any atom is -0.489 e. The van der Waals surface area contributed by atoms with Gasteiger partial charge in [-0.25, -0.2) is 4.79 Å². The summed E-state index contributed by atoms with van der Waals surface area (Å²) in [4.78, 5) is 24.4. The first-order valence-corrected chi connectivity index (χ1v) is 10.3. The summed E-state index contributed by atoms with van der Waals surface area (Å²) < 4.78 is 10.9. The van der Waals surface area contributed by atoms with E-state index in [1.807, 2.05) is 30.3 Å². The normalized spacial score (nSPS) is 21.2. The molecule has 29 heavy (non-hydrogen) atoms. The van der Waals surface area contributed by atoms with E-state index in [1.54, 1.807) is 24.3 Å². The molecule has 5 nitrogen and oxygen atoms in total. The van der Waals surface area contributed by atoms with E-state index in [2.05, 4.69) is 19.2 Å². The van der Waals surface area contributed by atoms with Crippen LogP contribution in [0, 0.1) is 11.8 Å². The molecule has 1 aliphatic carbocycles. The molecular weight excluding hydrogens is 366 g/mol. The number of carbonyl (C=O) groups is 2. The van der Waals surface area contributed by atoms with E-state index in [0.29, 0.717) is 29.8 Å². The fourth-order valence-electron chi connectivity index (χ4n) is 3.68. The van der Waals surface area contributed by atoms with Crippen molar-refractivity contribution in [1.29, 1.82) is 0 Å². The Balaban J connectivity index is 1.43. The number of ether oxygens (including phenoxy) is 2. The molecule has 0 unspecified atom stereocenters. The fourth-order valence-corrected chi connectivity index (χ4v) is 3.68. The van der Waals surface area contributed by atoms with Crippen LogP contribution in [0.5, 0.6) is 5.75 Å². The Morgan fingerprint density at radius 3 is 2.45 bits per heavy atom. The van der Waals surface area contributed by atoms with Crippen molar-refractivity contribution in [3.63, 3.8) is 0 Å². The zero-order valence-corrected chi connectivity index (χ0v) is 17.1. The van der Waals surface area contributed by atoms with Crippen molar-refractivity contribution in [2.24, 2.45) is 11.8 Å². The van der Waals surface area contributed by atoms with Crippen LogP contribution >= 0.6 is 0 Å². The van der Waals surface area contributed by atoms with E-state index >= 15 is 0 Å². The van der Waals surface area contributed by atoms with Crippen LogP contribution in [-0.4, -0.2) is 24.5 Å². The highest BCUT2D eigenvalue weighted by molar-refractivity contribution is 5.91. The highest BCUT2D eigenvalue weighted by atomic mass is 16.5. The van der Waals surface area contributed by atoms with Gasteiger partial charge in [-0.15, -0.1) is 0 Å². The van der Waals surface area contributed by atoms with Gasteiger partial charge in [0, 0.05) is 6.04 Å². The molecule has 3 rings (SSSR count). The molecule has 0 radical (unpaired) electrons. The van der Waals surface area contributed by atoms with E-state index < -0.39 is 5.97 Å². The molecule has 154 valence electrons. The molecule has 0 heterocycles. The summed E-state index contributed by atoms with van der Waals surface area (Å²) in [7, 11) is 0. The molecule has 0 bridgehead atoms. The average molecular weight is 395 g/mol. The Morgan fingerprint density at radius 1 is 1.00 bits per heavy atom. The van der Waals surface area contributed by atoms with Crippen LogP contribution in [0.25, 0.3) is 0 Å². The molecule has 1 N–H and O–H groups in total. The maximum atomic E-state index is 12.2. The van der Waals surface area contributed by atoms with Gasteiger partial charge >= 0.3 is 5.97 Å². The third kappa shape index (κ3) is 6.08. The van der Waals surface area contributed by atoms with Crippen molar-refractivity contribution in [1.82, 2.24) is 5.32 Å². The van der Waals surface area contributed by atoms with Crippen LogP contribution in [0.1, 0.15) is 49.0 Å². The molecule has 1 aliphatic rings. The summed E-state index contributed by atoms with van der Waals surface area (Å²) in [6, 6.07) is 16.8. The van der Waals surface area contributed by atoms with Gasteiger partial charge in [0.25, 0.3) is 5.91 Å². The maximum Gasteiger partial charge on any atom is 0.338 e. The predicted octanol–water partition coefficient (Wildman–Crippen LogP) is 4.36. The van der Waals surface area contributed by atoms with Crippen LogP contribution in [0.2, 0.25) is 0 Å². The Labute approximate surface area is 172 Å². The molecule has 2 aromatic rings. The number of nitrogens with one attached hydrogen (secondary N) is 1. The summed E-state index contributed by atoms with van der Waals surface area (Å²) in [6.07, 6.45) is 3.30. The van der Waals surface area contributed by atoms with E-state index in [-0.39, 0.29) is 18.6 Å². The third-order valence-electron chi connectivity index (χ3n) is 5.73. The standard InChI is InChI=1S/C24H29NO4/c1-17-7-6-10-22(18(17)2)25-23(26)16-29-24(27)20-11-13-21(14-12-20)28-15-19-8-4-3-5-9-19/h3-5,8-9,11-14,17-18,22H,6-7,10,15-16H2,1-2H3,(H,25,26)/t17-,18-,22-/m1/s1. The molecule has 0 aliphatic heterocycles. The molecule has 2 aromatic carbocycles. The molecule has 1 saturated carbocycles. The predicted molar refractivity (Wildman–Crippen MR) is 112 cm³/mol. The monoisotopic (exact) mass is 395 g/mol. The van der Waals surface area contributed by atoms with Crippen molar-refractivity contribution in [2.75, 3.05) is 6.61 Å². The zero-order valence-electron chi connectivity index (χ0n) is 17.1. The number of amides is 1. The van der Waals surface area contributed by atoms with Crippen LogP contribution < -0.4 is 10.1 Å². The maximum absolute atomic E-state index is 12.2. The number of benzene rings is 2. The second kappa shape index (κ2) is 10.1. The molecule has 1 amide bonds. The second-order valence-electron chi connectivity index (χ2n) is 7.82. The molecular formula is C24H29NO4. The van der Waals surface area contributed by atoms with Gasteiger partial charge < -0.3 is 14.8 Å². The highest BCUT2D eigenvalue weighted by Crippen LogP contribution is 2.29. The first kappa shape index (κ1) is 20.9. The van der Waals surface area contributed by atoms with Gasteiger partial charge in [0.05, 0.1) is 5.56 Å². The Morgan fingerprint density at radius 2 is 1.72 bits per heavy atom.